The molecule has 0 spiro atoms. The van der Waals surface area contributed by atoms with Gasteiger partial charge in [-0.1, -0.05) is 64.0 Å². The third-order valence-electron chi connectivity index (χ3n) is 3.06. The Hall–Kier alpha value is -0.790. The Morgan fingerprint density at radius 2 is 1.83 bits per heavy atom. The second kappa shape index (κ2) is 5.90. The zero-order valence-corrected chi connectivity index (χ0v) is 12.9. The molecule has 0 radical (unpaired) electrons. The van der Waals surface area contributed by atoms with Crippen molar-refractivity contribution in [3.8, 4) is 0 Å². The molecule has 0 N–H and O–H groups in total. The Kier molecular flexibility index (Phi) is 4.47. The van der Waals surface area contributed by atoms with Crippen molar-refractivity contribution in [2.75, 3.05) is 0 Å². The van der Waals surface area contributed by atoms with Gasteiger partial charge in [0, 0.05) is 4.47 Å². The van der Waals surface area contributed by atoms with E-state index in [9.17, 15) is 0 Å². The molecule has 18 heavy (non-hydrogen) atoms. The Bertz CT molecular complexity index is 549. The van der Waals surface area contributed by atoms with Crippen LogP contribution in [-0.2, 0) is 6.42 Å². The summed E-state index contributed by atoms with van der Waals surface area (Å²) in [6.07, 6.45) is 0.852. The Labute approximate surface area is 122 Å². The first kappa shape index (κ1) is 13.6. The normalized spacial score (nSPS) is 12.4. The minimum absolute atomic E-state index is 0.000995. The average molecular weight is 324 g/mol. The van der Waals surface area contributed by atoms with Crippen molar-refractivity contribution in [1.82, 2.24) is 0 Å². The maximum atomic E-state index is 6.54. The summed E-state index contributed by atoms with van der Waals surface area (Å²) >= 11 is 10.2. The quantitative estimate of drug-likeness (QED) is 0.646. The molecule has 0 bridgehead atoms. The summed E-state index contributed by atoms with van der Waals surface area (Å²) in [5, 5.41) is 0.000995. The summed E-state index contributed by atoms with van der Waals surface area (Å²) in [6, 6.07) is 14.7. The summed E-state index contributed by atoms with van der Waals surface area (Å²) in [5.74, 6) is 0. The molecule has 0 fully saturated rings. The van der Waals surface area contributed by atoms with E-state index in [0.29, 0.717) is 0 Å². The third-order valence-corrected chi connectivity index (χ3v) is 4.53. The van der Waals surface area contributed by atoms with Gasteiger partial charge in [0.2, 0.25) is 0 Å². The SMILES string of the molecule is Cc1cccc(CC(Cl)c2cccc(C)c2Br)c1. The highest BCUT2D eigenvalue weighted by Crippen LogP contribution is 2.32. The lowest BCUT2D eigenvalue weighted by atomic mass is 10.0. The first-order valence-corrected chi connectivity index (χ1v) is 7.25. The minimum atomic E-state index is 0.000995. The standard InChI is InChI=1S/C16H16BrCl/c1-11-5-3-7-13(9-11)10-15(18)14-8-4-6-12(2)16(14)17/h3-9,15H,10H2,1-2H3. The van der Waals surface area contributed by atoms with E-state index in [1.165, 1.54) is 16.7 Å². The molecule has 94 valence electrons. The molecule has 0 aromatic heterocycles. The van der Waals surface area contributed by atoms with E-state index in [4.69, 9.17) is 11.6 Å². The Morgan fingerprint density at radius 3 is 2.56 bits per heavy atom. The molecular weight excluding hydrogens is 308 g/mol. The van der Waals surface area contributed by atoms with Crippen LogP contribution in [0.2, 0.25) is 0 Å². The average Bonchev–Trinajstić information content (AvgIpc) is 2.32. The van der Waals surface area contributed by atoms with Gasteiger partial charge in [0.25, 0.3) is 0 Å². The summed E-state index contributed by atoms with van der Waals surface area (Å²) in [4.78, 5) is 0. The molecule has 0 nitrogen and oxygen atoms in total. The first-order valence-electron chi connectivity index (χ1n) is 6.02. The highest BCUT2D eigenvalue weighted by molar-refractivity contribution is 9.10. The summed E-state index contributed by atoms with van der Waals surface area (Å²) in [6.45, 7) is 4.19. The molecule has 0 saturated carbocycles. The van der Waals surface area contributed by atoms with E-state index in [1.807, 2.05) is 0 Å². The van der Waals surface area contributed by atoms with Crippen molar-refractivity contribution in [2.45, 2.75) is 25.6 Å². The van der Waals surface area contributed by atoms with Gasteiger partial charge in [-0.2, -0.15) is 0 Å². The first-order chi connectivity index (χ1) is 8.58. The van der Waals surface area contributed by atoms with Crippen LogP contribution in [0.15, 0.2) is 46.9 Å². The van der Waals surface area contributed by atoms with Gasteiger partial charge in [-0.25, -0.2) is 0 Å². The molecule has 2 rings (SSSR count). The van der Waals surface area contributed by atoms with Crippen LogP contribution in [0.3, 0.4) is 0 Å². The van der Waals surface area contributed by atoms with Crippen molar-refractivity contribution < 1.29 is 0 Å². The van der Waals surface area contributed by atoms with E-state index < -0.39 is 0 Å². The molecule has 0 aliphatic carbocycles. The Balaban J connectivity index is 2.22. The van der Waals surface area contributed by atoms with Crippen LogP contribution in [0.25, 0.3) is 0 Å². The van der Waals surface area contributed by atoms with Crippen LogP contribution >= 0.6 is 27.5 Å². The summed E-state index contributed by atoms with van der Waals surface area (Å²) in [7, 11) is 0. The number of benzene rings is 2. The van der Waals surface area contributed by atoms with Crippen molar-refractivity contribution in [1.29, 1.82) is 0 Å². The van der Waals surface area contributed by atoms with Gasteiger partial charge < -0.3 is 0 Å². The molecule has 0 saturated heterocycles. The van der Waals surface area contributed by atoms with E-state index in [-0.39, 0.29) is 5.38 Å². The highest BCUT2D eigenvalue weighted by atomic mass is 79.9. The second-order valence-electron chi connectivity index (χ2n) is 4.64. The van der Waals surface area contributed by atoms with Gasteiger partial charge in [0.05, 0.1) is 5.38 Å². The van der Waals surface area contributed by atoms with Crippen molar-refractivity contribution in [2.24, 2.45) is 0 Å². The molecule has 2 aromatic carbocycles. The number of aryl methyl sites for hydroxylation is 2. The third kappa shape index (κ3) is 3.15. The van der Waals surface area contributed by atoms with Gasteiger partial charge in [-0.3, -0.25) is 0 Å². The van der Waals surface area contributed by atoms with Gasteiger partial charge in [-0.05, 0) is 37.0 Å². The molecule has 0 aliphatic heterocycles. The van der Waals surface area contributed by atoms with Gasteiger partial charge in [-0.15, -0.1) is 11.6 Å². The van der Waals surface area contributed by atoms with E-state index in [1.54, 1.807) is 0 Å². The highest BCUT2D eigenvalue weighted by Gasteiger charge is 2.13. The van der Waals surface area contributed by atoms with Crippen molar-refractivity contribution >= 4 is 27.5 Å². The van der Waals surface area contributed by atoms with Crippen molar-refractivity contribution in [3.63, 3.8) is 0 Å². The fourth-order valence-corrected chi connectivity index (χ4v) is 3.10. The predicted molar refractivity (Wildman–Crippen MR) is 82.4 cm³/mol. The molecule has 0 heterocycles. The van der Waals surface area contributed by atoms with Gasteiger partial charge >= 0.3 is 0 Å². The zero-order valence-electron chi connectivity index (χ0n) is 10.6. The fraction of sp³-hybridized carbons (Fsp3) is 0.250. The molecule has 2 heteroatoms. The number of rotatable bonds is 3. The number of hydrogen-bond acceptors (Lipinski definition) is 0. The van der Waals surface area contributed by atoms with Crippen LogP contribution in [-0.4, -0.2) is 0 Å². The number of alkyl halides is 1. The molecule has 0 aliphatic rings. The molecule has 0 amide bonds. The predicted octanol–water partition coefficient (Wildman–Crippen LogP) is 5.59. The molecular formula is C16H16BrCl. The van der Waals surface area contributed by atoms with Crippen molar-refractivity contribution in [3.05, 3.63) is 69.2 Å². The minimum Gasteiger partial charge on any atom is -0.117 e. The maximum absolute atomic E-state index is 6.54. The lowest BCUT2D eigenvalue weighted by Crippen LogP contribution is -1.98. The van der Waals surface area contributed by atoms with Crippen LogP contribution in [0.1, 0.15) is 27.6 Å². The van der Waals surface area contributed by atoms with Crippen LogP contribution < -0.4 is 0 Å². The van der Waals surface area contributed by atoms with Gasteiger partial charge in [0.1, 0.15) is 0 Å². The van der Waals surface area contributed by atoms with Crippen LogP contribution in [0.5, 0.6) is 0 Å². The van der Waals surface area contributed by atoms with Crippen LogP contribution in [0, 0.1) is 13.8 Å². The lowest BCUT2D eigenvalue weighted by molar-refractivity contribution is 0.910. The maximum Gasteiger partial charge on any atom is 0.0636 e. The van der Waals surface area contributed by atoms with Crippen LogP contribution in [0.4, 0.5) is 0 Å². The Morgan fingerprint density at radius 1 is 1.11 bits per heavy atom. The molecule has 2 aromatic rings. The monoisotopic (exact) mass is 322 g/mol. The largest absolute Gasteiger partial charge is 0.117 e. The van der Waals surface area contributed by atoms with E-state index in [2.05, 4.69) is 72.2 Å². The smallest absolute Gasteiger partial charge is 0.0636 e. The summed E-state index contributed by atoms with van der Waals surface area (Å²) < 4.78 is 1.12. The number of halogens is 2. The molecule has 1 unspecified atom stereocenters. The lowest BCUT2D eigenvalue weighted by Gasteiger charge is -2.13. The number of hydrogen-bond donors (Lipinski definition) is 0. The zero-order chi connectivity index (χ0) is 13.1. The fourth-order valence-electron chi connectivity index (χ4n) is 2.07. The second-order valence-corrected chi connectivity index (χ2v) is 5.96. The van der Waals surface area contributed by atoms with Gasteiger partial charge in [0.15, 0.2) is 0 Å². The van der Waals surface area contributed by atoms with E-state index >= 15 is 0 Å². The van der Waals surface area contributed by atoms with E-state index in [0.717, 1.165) is 16.5 Å². The molecule has 1 atom stereocenters. The topological polar surface area (TPSA) is 0 Å². The summed E-state index contributed by atoms with van der Waals surface area (Å²) in [5.41, 5.74) is 4.95.